The van der Waals surface area contributed by atoms with Gasteiger partial charge in [0, 0.05) is 36.5 Å². The second kappa shape index (κ2) is 10.3. The predicted molar refractivity (Wildman–Crippen MR) is 133 cm³/mol. The van der Waals surface area contributed by atoms with Gasteiger partial charge < -0.3 is 19.8 Å². The summed E-state index contributed by atoms with van der Waals surface area (Å²) >= 11 is 0. The quantitative estimate of drug-likeness (QED) is 0.338. The van der Waals surface area contributed by atoms with Crippen molar-refractivity contribution in [2.45, 2.75) is 19.8 Å². The standard InChI is InChI=1S/C28H25FN2O4/c1-17(32)4-3-15-31-27(33)20-7-5-18(6-8-20)21-11-14-24-23(16-21)25(28(34)30-2)26(35-24)19-9-12-22(29)13-10-19/h5-14,16H,3-4,15H2,1-2H3,(H,30,34)(H,31,33). The third-order valence-corrected chi connectivity index (χ3v) is 5.72. The van der Waals surface area contributed by atoms with E-state index in [4.69, 9.17) is 4.42 Å². The van der Waals surface area contributed by atoms with E-state index in [-0.39, 0.29) is 23.4 Å². The number of amides is 2. The summed E-state index contributed by atoms with van der Waals surface area (Å²) in [5, 5.41) is 6.10. The number of benzene rings is 3. The average molecular weight is 473 g/mol. The maximum atomic E-state index is 13.4. The molecule has 0 aliphatic heterocycles. The number of rotatable bonds is 8. The largest absolute Gasteiger partial charge is 0.455 e. The van der Waals surface area contributed by atoms with Gasteiger partial charge in [0.25, 0.3) is 11.8 Å². The zero-order chi connectivity index (χ0) is 24.9. The van der Waals surface area contributed by atoms with Crippen LogP contribution >= 0.6 is 0 Å². The summed E-state index contributed by atoms with van der Waals surface area (Å²) in [6.45, 7) is 1.97. The molecule has 2 N–H and O–H groups in total. The number of furan rings is 1. The van der Waals surface area contributed by atoms with Gasteiger partial charge in [-0.1, -0.05) is 18.2 Å². The molecule has 0 unspecified atom stereocenters. The van der Waals surface area contributed by atoms with Gasteiger partial charge in [-0.3, -0.25) is 9.59 Å². The first-order valence-electron chi connectivity index (χ1n) is 11.3. The van der Waals surface area contributed by atoms with Crippen molar-refractivity contribution in [3.63, 3.8) is 0 Å². The molecule has 4 aromatic rings. The van der Waals surface area contributed by atoms with Gasteiger partial charge in [0.2, 0.25) is 0 Å². The molecule has 0 atom stereocenters. The first-order valence-corrected chi connectivity index (χ1v) is 11.3. The topological polar surface area (TPSA) is 88.4 Å². The third-order valence-electron chi connectivity index (χ3n) is 5.72. The Hall–Kier alpha value is -4.26. The van der Waals surface area contributed by atoms with Crippen molar-refractivity contribution in [2.24, 2.45) is 0 Å². The minimum Gasteiger partial charge on any atom is -0.455 e. The molecule has 6 nitrogen and oxygen atoms in total. The number of hydrogen-bond donors (Lipinski definition) is 2. The van der Waals surface area contributed by atoms with Crippen molar-refractivity contribution in [3.05, 3.63) is 83.7 Å². The highest BCUT2D eigenvalue weighted by atomic mass is 19.1. The Morgan fingerprint density at radius 1 is 0.857 bits per heavy atom. The summed E-state index contributed by atoms with van der Waals surface area (Å²) in [6, 6.07) is 18.5. The predicted octanol–water partition coefficient (Wildman–Crippen LogP) is 5.36. The summed E-state index contributed by atoms with van der Waals surface area (Å²) in [5.41, 5.74) is 3.74. The van der Waals surface area contributed by atoms with Crippen LogP contribution < -0.4 is 10.6 Å². The molecule has 7 heteroatoms. The van der Waals surface area contributed by atoms with E-state index in [9.17, 15) is 18.8 Å². The number of hydrogen-bond acceptors (Lipinski definition) is 4. The fourth-order valence-electron chi connectivity index (χ4n) is 3.89. The summed E-state index contributed by atoms with van der Waals surface area (Å²) < 4.78 is 19.4. The van der Waals surface area contributed by atoms with Gasteiger partial charge >= 0.3 is 0 Å². The van der Waals surface area contributed by atoms with E-state index in [1.807, 2.05) is 24.3 Å². The SMILES string of the molecule is CNC(=O)c1c(-c2ccc(F)cc2)oc2ccc(-c3ccc(C(=O)NCCCC(C)=O)cc3)cc12. The van der Waals surface area contributed by atoms with Gasteiger partial charge in [0.05, 0.1) is 5.56 Å². The number of ketones is 1. The third kappa shape index (κ3) is 5.30. The van der Waals surface area contributed by atoms with Gasteiger partial charge in [-0.25, -0.2) is 4.39 Å². The molecule has 0 saturated carbocycles. The molecule has 0 aliphatic rings. The number of carbonyl (C=O) groups is 3. The summed E-state index contributed by atoms with van der Waals surface area (Å²) in [4.78, 5) is 36.1. The number of Topliss-reactive ketones (excluding diaryl/α,β-unsaturated/α-hetero) is 1. The molecule has 178 valence electrons. The van der Waals surface area contributed by atoms with E-state index in [1.54, 1.807) is 37.4 Å². The highest BCUT2D eigenvalue weighted by Gasteiger charge is 2.22. The van der Waals surface area contributed by atoms with Crippen molar-refractivity contribution >= 4 is 28.6 Å². The fourth-order valence-corrected chi connectivity index (χ4v) is 3.89. The van der Waals surface area contributed by atoms with Crippen LogP contribution in [-0.2, 0) is 4.79 Å². The van der Waals surface area contributed by atoms with E-state index in [1.165, 1.54) is 19.1 Å². The van der Waals surface area contributed by atoms with Crippen LogP contribution in [0.25, 0.3) is 33.4 Å². The lowest BCUT2D eigenvalue weighted by molar-refractivity contribution is -0.117. The van der Waals surface area contributed by atoms with E-state index in [0.717, 1.165) is 11.1 Å². The summed E-state index contributed by atoms with van der Waals surface area (Å²) in [7, 11) is 1.54. The molecule has 0 fully saturated rings. The van der Waals surface area contributed by atoms with Crippen LogP contribution in [0.5, 0.6) is 0 Å². The van der Waals surface area contributed by atoms with Gasteiger partial charge in [-0.2, -0.15) is 0 Å². The minimum absolute atomic E-state index is 0.0996. The highest BCUT2D eigenvalue weighted by Crippen LogP contribution is 2.36. The zero-order valence-corrected chi connectivity index (χ0v) is 19.5. The maximum absolute atomic E-state index is 13.4. The zero-order valence-electron chi connectivity index (χ0n) is 19.5. The van der Waals surface area contributed by atoms with Crippen LogP contribution in [0, 0.1) is 5.82 Å². The van der Waals surface area contributed by atoms with Crippen molar-refractivity contribution in [1.82, 2.24) is 10.6 Å². The molecule has 1 aromatic heterocycles. The Balaban J connectivity index is 1.63. The van der Waals surface area contributed by atoms with Crippen LogP contribution in [0.3, 0.4) is 0 Å². The smallest absolute Gasteiger partial charge is 0.255 e. The monoisotopic (exact) mass is 472 g/mol. The van der Waals surface area contributed by atoms with Gasteiger partial charge in [-0.15, -0.1) is 0 Å². The highest BCUT2D eigenvalue weighted by molar-refractivity contribution is 6.11. The lowest BCUT2D eigenvalue weighted by atomic mass is 9.99. The van der Waals surface area contributed by atoms with Gasteiger partial charge in [0.1, 0.15) is 22.9 Å². The van der Waals surface area contributed by atoms with Crippen LogP contribution in [0.15, 0.2) is 71.1 Å². The molecule has 0 bridgehead atoms. The number of halogens is 1. The Morgan fingerprint density at radius 3 is 2.17 bits per heavy atom. The second-order valence-corrected chi connectivity index (χ2v) is 8.24. The Bertz CT molecular complexity index is 1390. The second-order valence-electron chi connectivity index (χ2n) is 8.24. The molecular weight excluding hydrogens is 447 g/mol. The van der Waals surface area contributed by atoms with Crippen molar-refractivity contribution in [2.75, 3.05) is 13.6 Å². The number of carbonyl (C=O) groups excluding carboxylic acids is 3. The van der Waals surface area contributed by atoms with Crippen LogP contribution in [0.1, 0.15) is 40.5 Å². The number of nitrogens with one attached hydrogen (secondary N) is 2. The average Bonchev–Trinajstić information content (AvgIpc) is 3.25. The minimum atomic E-state index is -0.373. The first kappa shape index (κ1) is 23.9. The molecule has 0 spiro atoms. The van der Waals surface area contributed by atoms with E-state index in [0.29, 0.717) is 52.8 Å². The van der Waals surface area contributed by atoms with Crippen molar-refractivity contribution in [1.29, 1.82) is 0 Å². The molecule has 1 heterocycles. The summed E-state index contributed by atoms with van der Waals surface area (Å²) in [5.74, 6) is -0.411. The van der Waals surface area contributed by atoms with Crippen molar-refractivity contribution in [3.8, 4) is 22.5 Å². The van der Waals surface area contributed by atoms with Crippen LogP contribution in [0.2, 0.25) is 0 Å². The summed E-state index contributed by atoms with van der Waals surface area (Å²) in [6.07, 6.45) is 1.05. The van der Waals surface area contributed by atoms with Gasteiger partial charge in [-0.05, 0) is 73.0 Å². The lowest BCUT2D eigenvalue weighted by Gasteiger charge is -2.07. The van der Waals surface area contributed by atoms with Gasteiger partial charge in [0.15, 0.2) is 0 Å². The maximum Gasteiger partial charge on any atom is 0.255 e. The molecule has 3 aromatic carbocycles. The van der Waals surface area contributed by atoms with Crippen LogP contribution in [0.4, 0.5) is 4.39 Å². The van der Waals surface area contributed by atoms with Crippen molar-refractivity contribution < 1.29 is 23.2 Å². The van der Waals surface area contributed by atoms with E-state index >= 15 is 0 Å². The molecular formula is C28H25FN2O4. The number of fused-ring (bicyclic) bond motifs is 1. The molecule has 2 amide bonds. The van der Waals surface area contributed by atoms with E-state index in [2.05, 4.69) is 10.6 Å². The van der Waals surface area contributed by atoms with E-state index < -0.39 is 0 Å². The van der Waals surface area contributed by atoms with Crippen LogP contribution in [-0.4, -0.2) is 31.2 Å². The Labute approximate surface area is 202 Å². The molecule has 0 saturated heterocycles. The molecule has 0 radical (unpaired) electrons. The normalized spacial score (nSPS) is 10.8. The Morgan fingerprint density at radius 2 is 1.51 bits per heavy atom. The lowest BCUT2D eigenvalue weighted by Crippen LogP contribution is -2.24. The molecule has 0 aliphatic carbocycles. The Kier molecular flexibility index (Phi) is 7.06. The molecule has 35 heavy (non-hydrogen) atoms. The molecule has 4 rings (SSSR count). The fraction of sp³-hybridized carbons (Fsp3) is 0.179. The first-order chi connectivity index (χ1) is 16.9.